The van der Waals surface area contributed by atoms with Crippen LogP contribution in [0, 0.1) is 10.1 Å². The van der Waals surface area contributed by atoms with Gasteiger partial charge in [0.15, 0.2) is 6.04 Å². The van der Waals surface area contributed by atoms with Crippen LogP contribution in [0.1, 0.15) is 24.4 Å². The maximum absolute atomic E-state index is 13.2. The Balaban J connectivity index is 1.99. The van der Waals surface area contributed by atoms with Gasteiger partial charge < -0.3 is 9.64 Å². The minimum absolute atomic E-state index is 0.204. The summed E-state index contributed by atoms with van der Waals surface area (Å²) < 4.78 is 6.06. The van der Waals surface area contributed by atoms with Crippen LogP contribution in [0.15, 0.2) is 42.7 Å². The first-order valence-corrected chi connectivity index (χ1v) is 8.14. The van der Waals surface area contributed by atoms with Crippen LogP contribution in [0.25, 0.3) is 0 Å². The Labute approximate surface area is 149 Å². The van der Waals surface area contributed by atoms with Gasteiger partial charge in [-0.1, -0.05) is 30.3 Å². The number of amides is 1. The van der Waals surface area contributed by atoms with Crippen LogP contribution in [0.4, 0.5) is 5.69 Å². The van der Waals surface area contributed by atoms with Gasteiger partial charge in [0.25, 0.3) is 5.91 Å². The fourth-order valence-electron chi connectivity index (χ4n) is 3.18. The molecule has 1 fully saturated rings. The SMILES string of the molecule is COC(=O)[C@@H]1CCCN1C(=O)C(c1ccccc1)n1cc([N+](=O)[O-])cn1. The minimum atomic E-state index is -0.893. The van der Waals surface area contributed by atoms with E-state index < -0.39 is 23.0 Å². The largest absolute Gasteiger partial charge is 0.467 e. The van der Waals surface area contributed by atoms with Crippen molar-refractivity contribution in [3.63, 3.8) is 0 Å². The normalized spacial score (nSPS) is 17.7. The fourth-order valence-corrected chi connectivity index (χ4v) is 3.18. The molecule has 0 aliphatic carbocycles. The minimum Gasteiger partial charge on any atom is -0.467 e. The number of nitrogens with zero attached hydrogens (tertiary/aromatic N) is 4. The zero-order valence-electron chi connectivity index (χ0n) is 14.1. The number of carbonyl (C=O) groups excluding carboxylic acids is 2. The first-order valence-electron chi connectivity index (χ1n) is 8.14. The molecule has 0 N–H and O–H groups in total. The first-order chi connectivity index (χ1) is 12.5. The van der Waals surface area contributed by atoms with Crippen molar-refractivity contribution < 1.29 is 19.2 Å². The highest BCUT2D eigenvalue weighted by Crippen LogP contribution is 2.27. The molecule has 3 rings (SSSR count). The Hall–Kier alpha value is -3.23. The summed E-state index contributed by atoms with van der Waals surface area (Å²) in [6.45, 7) is 0.422. The van der Waals surface area contributed by atoms with Crippen molar-refractivity contribution in [2.24, 2.45) is 0 Å². The summed E-state index contributed by atoms with van der Waals surface area (Å²) in [5, 5.41) is 15.0. The number of aromatic nitrogens is 2. The van der Waals surface area contributed by atoms with Crippen molar-refractivity contribution in [2.45, 2.75) is 24.9 Å². The lowest BCUT2D eigenvalue weighted by Gasteiger charge is -2.27. The van der Waals surface area contributed by atoms with E-state index in [2.05, 4.69) is 5.10 Å². The molecule has 9 heteroatoms. The molecule has 1 aromatic heterocycles. The Morgan fingerprint density at radius 1 is 1.35 bits per heavy atom. The number of carbonyl (C=O) groups is 2. The lowest BCUT2D eigenvalue weighted by atomic mass is 10.1. The van der Waals surface area contributed by atoms with Crippen molar-refractivity contribution in [3.05, 3.63) is 58.4 Å². The average molecular weight is 358 g/mol. The molecule has 0 radical (unpaired) electrons. The predicted octanol–water partition coefficient (Wildman–Crippen LogP) is 1.54. The van der Waals surface area contributed by atoms with Crippen LogP contribution in [-0.2, 0) is 14.3 Å². The highest BCUT2D eigenvalue weighted by atomic mass is 16.6. The highest BCUT2D eigenvalue weighted by molar-refractivity contribution is 5.89. The Morgan fingerprint density at radius 3 is 2.69 bits per heavy atom. The summed E-state index contributed by atoms with van der Waals surface area (Å²) in [6, 6.07) is 7.31. The summed E-state index contributed by atoms with van der Waals surface area (Å²) in [7, 11) is 1.29. The molecule has 9 nitrogen and oxygen atoms in total. The Bertz CT molecular complexity index is 820. The number of likely N-dealkylation sites (tertiary alicyclic amines) is 1. The van der Waals surface area contributed by atoms with Crippen LogP contribution in [-0.4, -0.2) is 51.2 Å². The summed E-state index contributed by atoms with van der Waals surface area (Å²) in [5.41, 5.74) is 0.427. The van der Waals surface area contributed by atoms with Gasteiger partial charge in [0.1, 0.15) is 18.4 Å². The van der Waals surface area contributed by atoms with Crippen molar-refractivity contribution in [1.82, 2.24) is 14.7 Å². The predicted molar refractivity (Wildman–Crippen MR) is 90.2 cm³/mol. The van der Waals surface area contributed by atoms with Crippen LogP contribution < -0.4 is 0 Å². The maximum atomic E-state index is 13.2. The second kappa shape index (κ2) is 7.34. The van der Waals surface area contributed by atoms with Gasteiger partial charge in [-0.15, -0.1) is 0 Å². The molecule has 1 aliphatic heterocycles. The highest BCUT2D eigenvalue weighted by Gasteiger charge is 2.39. The molecule has 0 saturated carbocycles. The standard InChI is InChI=1S/C17H18N4O5/c1-26-17(23)14-8-5-9-19(14)16(22)15(12-6-3-2-4-7-12)20-11-13(10-18-20)21(24)25/h2-4,6-7,10-11,14-15H,5,8-9H2,1H3/t14-,15?/m0/s1. The molecule has 1 aromatic carbocycles. The smallest absolute Gasteiger partial charge is 0.328 e. The molecule has 0 bridgehead atoms. The molecule has 2 heterocycles. The van der Waals surface area contributed by atoms with E-state index in [0.717, 1.165) is 6.20 Å². The number of hydrogen-bond donors (Lipinski definition) is 0. The van der Waals surface area contributed by atoms with E-state index in [1.165, 1.54) is 22.9 Å². The molecule has 0 spiro atoms. The molecular weight excluding hydrogens is 340 g/mol. The molecule has 1 amide bonds. The van der Waals surface area contributed by atoms with Gasteiger partial charge in [0.05, 0.1) is 12.0 Å². The monoisotopic (exact) mass is 358 g/mol. The molecule has 136 valence electrons. The number of esters is 1. The zero-order valence-corrected chi connectivity index (χ0v) is 14.1. The van der Waals surface area contributed by atoms with Crippen LogP contribution >= 0.6 is 0 Å². The summed E-state index contributed by atoms with van der Waals surface area (Å²) in [4.78, 5) is 37.1. The Morgan fingerprint density at radius 2 is 2.08 bits per heavy atom. The van der Waals surface area contributed by atoms with E-state index in [9.17, 15) is 19.7 Å². The summed E-state index contributed by atoms with van der Waals surface area (Å²) in [6.07, 6.45) is 3.54. The number of hydrogen-bond acceptors (Lipinski definition) is 6. The second-order valence-electron chi connectivity index (χ2n) is 5.96. The van der Waals surface area contributed by atoms with E-state index in [0.29, 0.717) is 24.9 Å². The Kier molecular flexibility index (Phi) is 4.97. The van der Waals surface area contributed by atoms with Gasteiger partial charge in [0, 0.05) is 6.54 Å². The fraction of sp³-hybridized carbons (Fsp3) is 0.353. The van der Waals surface area contributed by atoms with E-state index in [1.54, 1.807) is 24.3 Å². The molecule has 1 saturated heterocycles. The van der Waals surface area contributed by atoms with E-state index in [1.807, 2.05) is 6.07 Å². The lowest BCUT2D eigenvalue weighted by Crippen LogP contribution is -2.45. The van der Waals surface area contributed by atoms with Gasteiger partial charge in [0.2, 0.25) is 0 Å². The number of nitro groups is 1. The number of ether oxygens (including phenoxy) is 1. The average Bonchev–Trinajstić information content (AvgIpc) is 3.32. The van der Waals surface area contributed by atoms with Crippen LogP contribution in [0.5, 0.6) is 0 Å². The summed E-state index contributed by atoms with van der Waals surface area (Å²) >= 11 is 0. The van der Waals surface area contributed by atoms with Crippen molar-refractivity contribution in [2.75, 3.05) is 13.7 Å². The third kappa shape index (κ3) is 3.28. The third-order valence-electron chi connectivity index (χ3n) is 4.42. The second-order valence-corrected chi connectivity index (χ2v) is 5.96. The molecular formula is C17H18N4O5. The van der Waals surface area contributed by atoms with Crippen molar-refractivity contribution >= 4 is 17.6 Å². The number of benzene rings is 1. The number of methoxy groups -OCH3 is 1. The van der Waals surface area contributed by atoms with E-state index in [-0.39, 0.29) is 11.6 Å². The van der Waals surface area contributed by atoms with E-state index in [4.69, 9.17) is 4.74 Å². The quantitative estimate of drug-likeness (QED) is 0.456. The maximum Gasteiger partial charge on any atom is 0.328 e. The van der Waals surface area contributed by atoms with Gasteiger partial charge in [-0.25, -0.2) is 9.48 Å². The van der Waals surface area contributed by atoms with Crippen LogP contribution in [0.3, 0.4) is 0 Å². The van der Waals surface area contributed by atoms with Crippen molar-refractivity contribution in [1.29, 1.82) is 0 Å². The van der Waals surface area contributed by atoms with Gasteiger partial charge in [-0.05, 0) is 18.4 Å². The molecule has 2 aromatic rings. The first kappa shape index (κ1) is 17.6. The number of rotatable bonds is 5. The zero-order chi connectivity index (χ0) is 18.7. The molecule has 26 heavy (non-hydrogen) atoms. The molecule has 1 aliphatic rings. The van der Waals surface area contributed by atoms with Gasteiger partial charge >= 0.3 is 11.7 Å². The third-order valence-corrected chi connectivity index (χ3v) is 4.42. The van der Waals surface area contributed by atoms with Gasteiger partial charge in [-0.3, -0.25) is 14.9 Å². The molecule has 1 unspecified atom stereocenters. The van der Waals surface area contributed by atoms with Crippen molar-refractivity contribution in [3.8, 4) is 0 Å². The lowest BCUT2D eigenvalue weighted by molar-refractivity contribution is -0.385. The van der Waals surface area contributed by atoms with Gasteiger partial charge in [-0.2, -0.15) is 5.10 Å². The van der Waals surface area contributed by atoms with E-state index >= 15 is 0 Å². The topological polar surface area (TPSA) is 108 Å². The van der Waals surface area contributed by atoms with Crippen LogP contribution in [0.2, 0.25) is 0 Å². The summed E-state index contributed by atoms with van der Waals surface area (Å²) in [5.74, 6) is -0.809. The molecule has 2 atom stereocenters.